The smallest absolute Gasteiger partial charge is 0.307 e. The van der Waals surface area contributed by atoms with E-state index >= 15 is 0 Å². The van der Waals surface area contributed by atoms with Crippen molar-refractivity contribution in [3.05, 3.63) is 0 Å². The summed E-state index contributed by atoms with van der Waals surface area (Å²) < 4.78 is 4.69. The number of hydrogen-bond donors (Lipinski definition) is 1. The molecule has 0 aromatic heterocycles. The lowest BCUT2D eigenvalue weighted by atomic mass is 10.3. The van der Waals surface area contributed by atoms with Crippen LogP contribution in [-0.2, 0) is 19.1 Å². The maximum absolute atomic E-state index is 11.0. The van der Waals surface area contributed by atoms with Crippen molar-refractivity contribution in [3.63, 3.8) is 0 Å². The Morgan fingerprint density at radius 3 is 2.38 bits per heavy atom. The fraction of sp³-hybridized carbons (Fsp3) is 0.625. The van der Waals surface area contributed by atoms with Crippen molar-refractivity contribution in [3.8, 4) is 0 Å². The second-order valence-corrected chi connectivity index (χ2v) is 3.22. The van der Waals surface area contributed by atoms with Gasteiger partial charge in [-0.3, -0.25) is 14.4 Å². The van der Waals surface area contributed by atoms with Gasteiger partial charge in [0.05, 0.1) is 6.42 Å². The van der Waals surface area contributed by atoms with Crippen LogP contribution in [0, 0.1) is 0 Å². The molecule has 13 heavy (non-hydrogen) atoms. The topological polar surface area (TPSA) is 60.4 Å². The molecule has 0 N–H and O–H groups in total. The van der Waals surface area contributed by atoms with Crippen molar-refractivity contribution < 1.29 is 19.1 Å². The van der Waals surface area contributed by atoms with Crippen molar-refractivity contribution in [1.29, 1.82) is 0 Å². The van der Waals surface area contributed by atoms with E-state index < -0.39 is 12.1 Å². The number of rotatable bonds is 3. The van der Waals surface area contributed by atoms with E-state index in [0.717, 1.165) is 0 Å². The maximum atomic E-state index is 11.0. The first-order valence-corrected chi connectivity index (χ1v) is 4.64. The average molecular weight is 202 g/mol. The van der Waals surface area contributed by atoms with Gasteiger partial charge in [-0.1, -0.05) is 0 Å². The number of thiol groups is 1. The molecule has 0 spiro atoms. The van der Waals surface area contributed by atoms with Gasteiger partial charge in [-0.15, -0.1) is 0 Å². The molecule has 1 aliphatic rings. The molecule has 0 radical (unpaired) electrons. The van der Waals surface area contributed by atoms with Crippen molar-refractivity contribution in [2.24, 2.45) is 0 Å². The van der Waals surface area contributed by atoms with Crippen LogP contribution >= 0.6 is 12.6 Å². The lowest BCUT2D eigenvalue weighted by molar-refractivity contribution is -0.157. The molecule has 0 aliphatic heterocycles. The standard InChI is InChI=1S/C8H10O4S/c9-5-1-2-6(10)8(5)12-7(11)3-4-13/h8,13H,1-4H2. The van der Waals surface area contributed by atoms with Gasteiger partial charge in [0.15, 0.2) is 11.6 Å². The van der Waals surface area contributed by atoms with Crippen LogP contribution in [-0.4, -0.2) is 29.4 Å². The second-order valence-electron chi connectivity index (χ2n) is 2.78. The van der Waals surface area contributed by atoms with Gasteiger partial charge in [0.25, 0.3) is 0 Å². The Morgan fingerprint density at radius 1 is 1.38 bits per heavy atom. The van der Waals surface area contributed by atoms with Crippen LogP contribution in [0.5, 0.6) is 0 Å². The second kappa shape index (κ2) is 4.41. The first kappa shape index (κ1) is 10.2. The number of Topliss-reactive ketones (excluding diaryl/α,β-unsaturated/α-hetero) is 2. The molecule has 1 fully saturated rings. The third-order valence-electron chi connectivity index (χ3n) is 1.77. The first-order valence-electron chi connectivity index (χ1n) is 4.01. The minimum Gasteiger partial charge on any atom is -0.446 e. The Bertz CT molecular complexity index is 233. The van der Waals surface area contributed by atoms with Crippen molar-refractivity contribution >= 4 is 30.2 Å². The molecule has 0 atom stereocenters. The molecule has 4 nitrogen and oxygen atoms in total. The fourth-order valence-electron chi connectivity index (χ4n) is 1.10. The fourth-order valence-corrected chi connectivity index (χ4v) is 1.28. The van der Waals surface area contributed by atoms with E-state index in [1.54, 1.807) is 0 Å². The van der Waals surface area contributed by atoms with Gasteiger partial charge >= 0.3 is 5.97 Å². The molecule has 0 aromatic carbocycles. The van der Waals surface area contributed by atoms with Crippen LogP contribution in [0.15, 0.2) is 0 Å². The molecule has 0 amide bonds. The van der Waals surface area contributed by atoms with Crippen LogP contribution in [0.4, 0.5) is 0 Å². The van der Waals surface area contributed by atoms with Crippen LogP contribution in [0.1, 0.15) is 19.3 Å². The highest BCUT2D eigenvalue weighted by Crippen LogP contribution is 2.14. The SMILES string of the molecule is O=C(CCS)OC1C(=O)CCC1=O. The number of carbonyl (C=O) groups is 3. The molecule has 0 heterocycles. The minimum absolute atomic E-state index is 0.125. The Hall–Kier alpha value is -0.840. The van der Waals surface area contributed by atoms with Gasteiger partial charge in [0, 0.05) is 18.6 Å². The van der Waals surface area contributed by atoms with Gasteiger partial charge in [-0.25, -0.2) is 0 Å². The number of hydrogen-bond acceptors (Lipinski definition) is 5. The van der Waals surface area contributed by atoms with Crippen LogP contribution in [0.3, 0.4) is 0 Å². The average Bonchev–Trinajstić information content (AvgIpc) is 2.36. The Labute approximate surface area is 81.0 Å². The predicted octanol–water partition coefficient (Wildman–Crippen LogP) is 0.150. The summed E-state index contributed by atoms with van der Waals surface area (Å²) in [6.45, 7) is 0. The van der Waals surface area contributed by atoms with Gasteiger partial charge in [0.1, 0.15) is 0 Å². The molecular formula is C8H10O4S. The van der Waals surface area contributed by atoms with E-state index in [1.165, 1.54) is 0 Å². The van der Waals surface area contributed by atoms with Gasteiger partial charge in [-0.2, -0.15) is 12.6 Å². The molecule has 1 saturated carbocycles. The van der Waals surface area contributed by atoms with Crippen molar-refractivity contribution in [2.75, 3.05) is 5.75 Å². The van der Waals surface area contributed by atoms with E-state index in [4.69, 9.17) is 0 Å². The van der Waals surface area contributed by atoms with Gasteiger partial charge in [-0.05, 0) is 0 Å². The third-order valence-corrected chi connectivity index (χ3v) is 1.99. The lowest BCUT2D eigenvalue weighted by Crippen LogP contribution is -2.28. The highest BCUT2D eigenvalue weighted by atomic mass is 32.1. The Morgan fingerprint density at radius 2 is 1.92 bits per heavy atom. The van der Waals surface area contributed by atoms with E-state index in [1.807, 2.05) is 0 Å². The number of carbonyl (C=O) groups excluding carboxylic acids is 3. The molecule has 0 unspecified atom stereocenters. The molecule has 1 aliphatic carbocycles. The lowest BCUT2D eigenvalue weighted by Gasteiger charge is -2.07. The molecule has 1 rings (SSSR count). The van der Waals surface area contributed by atoms with Crippen molar-refractivity contribution in [2.45, 2.75) is 25.4 Å². The third kappa shape index (κ3) is 2.55. The Kier molecular flexibility index (Phi) is 3.48. The summed E-state index contributed by atoms with van der Waals surface area (Å²) in [5.74, 6) is -0.771. The Balaban J connectivity index is 2.48. The molecular weight excluding hydrogens is 192 g/mol. The highest BCUT2D eigenvalue weighted by Gasteiger charge is 2.35. The summed E-state index contributed by atoms with van der Waals surface area (Å²) >= 11 is 3.83. The number of esters is 1. The van der Waals surface area contributed by atoms with E-state index in [2.05, 4.69) is 17.4 Å². The van der Waals surface area contributed by atoms with Crippen molar-refractivity contribution in [1.82, 2.24) is 0 Å². The minimum atomic E-state index is -1.13. The summed E-state index contributed by atoms with van der Waals surface area (Å²) in [5.41, 5.74) is 0. The normalized spacial score (nSPS) is 17.9. The summed E-state index contributed by atoms with van der Waals surface area (Å²) in [5, 5.41) is 0. The van der Waals surface area contributed by atoms with Crippen LogP contribution in [0.25, 0.3) is 0 Å². The summed E-state index contributed by atoms with van der Waals surface area (Å²) in [6, 6.07) is 0. The first-order chi connectivity index (χ1) is 6.15. The summed E-state index contributed by atoms with van der Waals surface area (Å²) in [4.78, 5) is 32.9. The van der Waals surface area contributed by atoms with E-state index in [9.17, 15) is 14.4 Å². The predicted molar refractivity (Wildman–Crippen MR) is 47.6 cm³/mol. The number of ether oxygens (including phenoxy) is 1. The van der Waals surface area contributed by atoms with Crippen LogP contribution < -0.4 is 0 Å². The van der Waals surface area contributed by atoms with Gasteiger partial charge in [0.2, 0.25) is 6.10 Å². The molecule has 72 valence electrons. The zero-order chi connectivity index (χ0) is 9.84. The highest BCUT2D eigenvalue weighted by molar-refractivity contribution is 7.80. The van der Waals surface area contributed by atoms with Gasteiger partial charge < -0.3 is 4.74 Å². The zero-order valence-electron chi connectivity index (χ0n) is 6.99. The monoisotopic (exact) mass is 202 g/mol. The summed E-state index contributed by atoms with van der Waals surface area (Å²) in [7, 11) is 0. The molecule has 0 saturated heterocycles. The maximum Gasteiger partial charge on any atom is 0.307 e. The largest absolute Gasteiger partial charge is 0.446 e. The van der Waals surface area contributed by atoms with E-state index in [0.29, 0.717) is 5.75 Å². The van der Waals surface area contributed by atoms with E-state index in [-0.39, 0.29) is 30.8 Å². The number of ketones is 2. The quantitative estimate of drug-likeness (QED) is 0.402. The molecule has 5 heteroatoms. The zero-order valence-corrected chi connectivity index (χ0v) is 7.88. The molecule has 0 aromatic rings. The summed E-state index contributed by atoms with van der Waals surface area (Å²) in [6.07, 6.45) is -0.623. The molecule has 0 bridgehead atoms. The van der Waals surface area contributed by atoms with Crippen LogP contribution in [0.2, 0.25) is 0 Å².